The molecule has 38 heavy (non-hydrogen) atoms. The number of nitro groups is 1. The van der Waals surface area contributed by atoms with Crippen molar-refractivity contribution in [3.8, 4) is 11.5 Å². The normalized spacial score (nSPS) is 11.0. The van der Waals surface area contributed by atoms with E-state index in [0.29, 0.717) is 18.6 Å². The Hall–Kier alpha value is -4.72. The molecule has 4 aromatic rings. The van der Waals surface area contributed by atoms with Crippen molar-refractivity contribution in [1.29, 1.82) is 0 Å². The number of carbonyl (C=O) groups is 1. The maximum absolute atomic E-state index is 12.4. The van der Waals surface area contributed by atoms with Crippen molar-refractivity contribution in [2.24, 2.45) is 5.10 Å². The van der Waals surface area contributed by atoms with Gasteiger partial charge in [-0.15, -0.1) is 0 Å². The second-order valence-corrected chi connectivity index (χ2v) is 8.85. The number of hydrazone groups is 1. The highest BCUT2D eigenvalue weighted by Gasteiger charge is 2.10. The molecule has 0 aliphatic carbocycles. The number of nitrogens with one attached hydrogen (secondary N) is 1. The van der Waals surface area contributed by atoms with Crippen LogP contribution < -0.4 is 14.9 Å². The lowest BCUT2D eigenvalue weighted by molar-refractivity contribution is -0.384. The highest BCUT2D eigenvalue weighted by molar-refractivity contribution is 6.02. The molecular weight excluding hydrogens is 482 g/mol. The lowest BCUT2D eigenvalue weighted by Crippen LogP contribution is -2.17. The molecule has 0 unspecified atom stereocenters. The van der Waals surface area contributed by atoms with Crippen molar-refractivity contribution in [3.05, 3.63) is 111 Å². The van der Waals surface area contributed by atoms with Gasteiger partial charge in [0.25, 0.3) is 5.69 Å². The average Bonchev–Trinajstić information content (AvgIpc) is 2.93. The Bertz CT molecular complexity index is 1460. The van der Waals surface area contributed by atoms with E-state index >= 15 is 0 Å². The van der Waals surface area contributed by atoms with E-state index in [-0.39, 0.29) is 18.2 Å². The summed E-state index contributed by atoms with van der Waals surface area (Å²) in [5, 5.41) is 17.0. The molecule has 0 saturated heterocycles. The monoisotopic (exact) mass is 511 g/mol. The first kappa shape index (κ1) is 26.3. The number of nitrogens with zero attached hydrogens (tertiary/aromatic N) is 2. The van der Waals surface area contributed by atoms with Crippen molar-refractivity contribution in [1.82, 2.24) is 5.43 Å². The molecule has 4 rings (SSSR count). The van der Waals surface area contributed by atoms with E-state index < -0.39 is 4.92 Å². The number of nitro benzene ring substituents is 1. The average molecular weight is 512 g/mol. The van der Waals surface area contributed by atoms with Crippen LogP contribution in [0.2, 0.25) is 0 Å². The number of ether oxygens (including phenoxy) is 2. The van der Waals surface area contributed by atoms with E-state index in [4.69, 9.17) is 9.47 Å². The third-order valence-electron chi connectivity index (χ3n) is 6.25. The van der Waals surface area contributed by atoms with Crippen LogP contribution in [0, 0.1) is 17.0 Å². The molecule has 0 saturated carbocycles. The summed E-state index contributed by atoms with van der Waals surface area (Å²) in [4.78, 5) is 22.9. The summed E-state index contributed by atoms with van der Waals surface area (Å²) < 4.78 is 11.3. The van der Waals surface area contributed by atoms with Crippen molar-refractivity contribution in [2.75, 3.05) is 7.11 Å². The van der Waals surface area contributed by atoms with E-state index in [1.54, 1.807) is 25.5 Å². The molecule has 0 aliphatic rings. The largest absolute Gasteiger partial charge is 0.497 e. The maximum Gasteiger partial charge on any atom is 0.269 e. The number of non-ortho nitro benzene ring substituents is 1. The first-order valence-corrected chi connectivity index (χ1v) is 12.3. The molecule has 0 aliphatic heterocycles. The second kappa shape index (κ2) is 12.5. The van der Waals surface area contributed by atoms with Gasteiger partial charge in [-0.05, 0) is 77.6 Å². The van der Waals surface area contributed by atoms with E-state index in [1.165, 1.54) is 17.7 Å². The highest BCUT2D eigenvalue weighted by Crippen LogP contribution is 2.27. The Labute approximate surface area is 221 Å². The van der Waals surface area contributed by atoms with Crippen LogP contribution in [0.3, 0.4) is 0 Å². The number of aryl methyl sites for hydroxylation is 2. The van der Waals surface area contributed by atoms with Crippen LogP contribution in [0.25, 0.3) is 10.8 Å². The zero-order valence-electron chi connectivity index (χ0n) is 21.3. The smallest absolute Gasteiger partial charge is 0.269 e. The number of rotatable bonds is 11. The fourth-order valence-electron chi connectivity index (χ4n) is 4.15. The van der Waals surface area contributed by atoms with Gasteiger partial charge in [-0.1, -0.05) is 36.4 Å². The van der Waals surface area contributed by atoms with E-state index in [2.05, 4.69) is 10.5 Å². The minimum absolute atomic E-state index is 0.0298. The molecule has 0 atom stereocenters. The third-order valence-corrected chi connectivity index (χ3v) is 6.25. The Balaban J connectivity index is 1.40. The van der Waals surface area contributed by atoms with Crippen LogP contribution >= 0.6 is 0 Å². The molecule has 194 valence electrons. The molecule has 0 spiro atoms. The van der Waals surface area contributed by atoms with Gasteiger partial charge in [0, 0.05) is 24.1 Å². The van der Waals surface area contributed by atoms with Crippen LogP contribution in [0.1, 0.15) is 35.1 Å². The van der Waals surface area contributed by atoms with Crippen LogP contribution in [0.5, 0.6) is 11.5 Å². The predicted octanol–water partition coefficient (Wildman–Crippen LogP) is 6.12. The number of methoxy groups -OCH3 is 1. The lowest BCUT2D eigenvalue weighted by Gasteiger charge is -2.12. The highest BCUT2D eigenvalue weighted by atomic mass is 16.6. The summed E-state index contributed by atoms with van der Waals surface area (Å²) in [6.45, 7) is 2.27. The molecule has 0 fully saturated rings. The minimum atomic E-state index is -0.434. The fourth-order valence-corrected chi connectivity index (χ4v) is 4.15. The van der Waals surface area contributed by atoms with Crippen molar-refractivity contribution in [2.45, 2.75) is 32.8 Å². The third kappa shape index (κ3) is 6.73. The number of fused-ring (bicyclic) bond motifs is 1. The molecule has 0 aromatic heterocycles. The van der Waals surface area contributed by atoms with Gasteiger partial charge in [-0.2, -0.15) is 5.10 Å². The standard InChI is InChI=1S/C30H29N3O5/c1-21-18-26(37-2)16-12-23(21)7-5-9-30(34)32-31-19-28-27-8-4-3-6-24(27)13-17-29(28)38-20-22-10-14-25(15-11-22)33(35)36/h3-4,6,8,10-19H,5,7,9,20H2,1-2H3,(H,32,34)/b31-19-. The number of hydrogen-bond acceptors (Lipinski definition) is 6. The van der Waals surface area contributed by atoms with Crippen LogP contribution in [0.4, 0.5) is 5.69 Å². The van der Waals surface area contributed by atoms with Crippen LogP contribution in [0.15, 0.2) is 84.0 Å². The van der Waals surface area contributed by atoms with Crippen LogP contribution in [-0.4, -0.2) is 24.2 Å². The maximum atomic E-state index is 12.4. The summed E-state index contributed by atoms with van der Waals surface area (Å²) >= 11 is 0. The van der Waals surface area contributed by atoms with Crippen LogP contribution in [-0.2, 0) is 17.8 Å². The van der Waals surface area contributed by atoms with Crippen molar-refractivity contribution >= 4 is 28.6 Å². The van der Waals surface area contributed by atoms with Gasteiger partial charge in [0.15, 0.2) is 0 Å². The van der Waals surface area contributed by atoms with Gasteiger partial charge >= 0.3 is 0 Å². The number of hydrogen-bond donors (Lipinski definition) is 1. The van der Waals surface area contributed by atoms with E-state index in [0.717, 1.165) is 39.6 Å². The molecule has 0 heterocycles. The molecule has 1 N–H and O–H groups in total. The first-order chi connectivity index (χ1) is 18.4. The summed E-state index contributed by atoms with van der Waals surface area (Å²) in [5.41, 5.74) is 6.51. The van der Waals surface area contributed by atoms with Gasteiger partial charge < -0.3 is 9.47 Å². The fraction of sp³-hybridized carbons (Fsp3) is 0.200. The van der Waals surface area contributed by atoms with Gasteiger partial charge in [0.05, 0.1) is 18.2 Å². The summed E-state index contributed by atoms with van der Waals surface area (Å²) in [6, 6.07) is 23.8. The summed E-state index contributed by atoms with van der Waals surface area (Å²) in [7, 11) is 1.64. The van der Waals surface area contributed by atoms with E-state index in [1.807, 2.05) is 61.5 Å². The number of carbonyl (C=O) groups excluding carboxylic acids is 1. The number of benzene rings is 4. The molecule has 8 nitrogen and oxygen atoms in total. The number of amides is 1. The molecule has 0 bridgehead atoms. The molecule has 8 heteroatoms. The lowest BCUT2D eigenvalue weighted by atomic mass is 10.0. The van der Waals surface area contributed by atoms with E-state index in [9.17, 15) is 14.9 Å². The van der Waals surface area contributed by atoms with Crippen molar-refractivity contribution < 1.29 is 19.2 Å². The SMILES string of the molecule is COc1ccc(CCCC(=O)N/N=C\c2c(OCc3ccc([N+](=O)[O-])cc3)ccc3ccccc23)c(C)c1. The minimum Gasteiger partial charge on any atom is -0.497 e. The zero-order chi connectivity index (χ0) is 26.9. The quantitative estimate of drug-likeness (QED) is 0.149. The van der Waals surface area contributed by atoms with Gasteiger partial charge in [0.1, 0.15) is 18.1 Å². The van der Waals surface area contributed by atoms with Gasteiger partial charge in [-0.3, -0.25) is 14.9 Å². The molecule has 1 amide bonds. The van der Waals surface area contributed by atoms with Gasteiger partial charge in [-0.25, -0.2) is 5.43 Å². The molecule has 4 aromatic carbocycles. The summed E-state index contributed by atoms with van der Waals surface area (Å²) in [6.07, 6.45) is 3.43. The molecule has 0 radical (unpaired) electrons. The first-order valence-electron chi connectivity index (χ1n) is 12.3. The molecular formula is C30H29N3O5. The topological polar surface area (TPSA) is 103 Å². The zero-order valence-corrected chi connectivity index (χ0v) is 21.3. The predicted molar refractivity (Wildman–Crippen MR) is 148 cm³/mol. The van der Waals surface area contributed by atoms with Crippen molar-refractivity contribution in [3.63, 3.8) is 0 Å². The Kier molecular flexibility index (Phi) is 8.66. The Morgan fingerprint density at radius 3 is 2.58 bits per heavy atom. The van der Waals surface area contributed by atoms with Gasteiger partial charge in [0.2, 0.25) is 5.91 Å². The Morgan fingerprint density at radius 1 is 1.05 bits per heavy atom. The summed E-state index contributed by atoms with van der Waals surface area (Å²) in [5.74, 6) is 1.25. The second-order valence-electron chi connectivity index (χ2n) is 8.85. The Morgan fingerprint density at radius 2 is 1.84 bits per heavy atom.